The second-order valence-corrected chi connectivity index (χ2v) is 2.26. The third kappa shape index (κ3) is 5.69. The highest BCUT2D eigenvalue weighted by molar-refractivity contribution is 7.46. The van der Waals surface area contributed by atoms with Crippen molar-refractivity contribution < 1.29 is 18.9 Å². The van der Waals surface area contributed by atoms with Gasteiger partial charge < -0.3 is 4.52 Å². The van der Waals surface area contributed by atoms with Crippen LogP contribution in [0.25, 0.3) is 0 Å². The van der Waals surface area contributed by atoms with E-state index in [1.165, 1.54) is 6.08 Å². The van der Waals surface area contributed by atoms with Crippen molar-refractivity contribution in [1.82, 2.24) is 0 Å². The van der Waals surface area contributed by atoms with E-state index in [1.807, 2.05) is 0 Å². The van der Waals surface area contributed by atoms with Crippen LogP contribution in [0.4, 0.5) is 0 Å². The van der Waals surface area contributed by atoms with Gasteiger partial charge in [-0.1, -0.05) is 6.08 Å². The summed E-state index contributed by atoms with van der Waals surface area (Å²) in [4.78, 5) is 16.0. The van der Waals surface area contributed by atoms with Crippen LogP contribution in [0, 0.1) is 0 Å². The van der Waals surface area contributed by atoms with Gasteiger partial charge in [0.2, 0.25) is 0 Å². The lowest BCUT2D eigenvalue weighted by molar-refractivity contribution is 0.258. The van der Waals surface area contributed by atoms with Crippen LogP contribution in [0.1, 0.15) is 6.92 Å². The molecule has 0 saturated heterocycles. The van der Waals surface area contributed by atoms with E-state index in [9.17, 15) is 4.57 Å². The number of rotatable bonds is 2. The van der Waals surface area contributed by atoms with Crippen molar-refractivity contribution in [2.45, 2.75) is 6.92 Å². The highest BCUT2D eigenvalue weighted by Gasteiger charge is 2.10. The Morgan fingerprint density at radius 2 is 2.12 bits per heavy atom. The summed E-state index contributed by atoms with van der Waals surface area (Å²) in [5.74, 6) is 0. The standard InChI is InChI=1S/C3H7O4P/c1-2-3-7-8(4,5)6/h2-3H,1H3,(H2,4,5,6)/b3-2-. The molecule has 0 aromatic carbocycles. The van der Waals surface area contributed by atoms with Crippen LogP contribution < -0.4 is 0 Å². The molecule has 0 fully saturated rings. The SMILES string of the molecule is C/C=C\OP(=O)(O)O. The Morgan fingerprint density at radius 1 is 1.62 bits per heavy atom. The predicted octanol–water partition coefficient (Wildman–Crippen LogP) is 0.629. The average Bonchev–Trinajstić information content (AvgIpc) is 1.59. The van der Waals surface area contributed by atoms with Gasteiger partial charge in [-0.2, -0.15) is 0 Å². The first-order chi connectivity index (χ1) is 3.56. The Morgan fingerprint density at radius 3 is 2.25 bits per heavy atom. The molecule has 0 saturated carbocycles. The fourth-order valence-electron chi connectivity index (χ4n) is 0.140. The van der Waals surface area contributed by atoms with Crippen molar-refractivity contribution in [2.24, 2.45) is 0 Å². The molecule has 0 aromatic heterocycles. The van der Waals surface area contributed by atoms with Crippen LogP contribution in [0.2, 0.25) is 0 Å². The molecule has 0 atom stereocenters. The third-order valence-electron chi connectivity index (χ3n) is 0.334. The van der Waals surface area contributed by atoms with Crippen molar-refractivity contribution in [1.29, 1.82) is 0 Å². The Labute approximate surface area is 47.0 Å². The molecule has 5 heteroatoms. The van der Waals surface area contributed by atoms with Gasteiger partial charge in [0.1, 0.15) is 0 Å². The van der Waals surface area contributed by atoms with Crippen molar-refractivity contribution in [3.8, 4) is 0 Å². The van der Waals surface area contributed by atoms with Crippen LogP contribution in [0.15, 0.2) is 12.3 Å². The van der Waals surface area contributed by atoms with Gasteiger partial charge in [0, 0.05) is 0 Å². The molecule has 0 aliphatic carbocycles. The fraction of sp³-hybridized carbons (Fsp3) is 0.333. The minimum absolute atomic E-state index is 0.945. The van der Waals surface area contributed by atoms with Gasteiger partial charge in [0.05, 0.1) is 6.26 Å². The molecule has 0 rings (SSSR count). The maximum absolute atomic E-state index is 9.81. The van der Waals surface area contributed by atoms with Gasteiger partial charge in [-0.25, -0.2) is 4.57 Å². The van der Waals surface area contributed by atoms with Crippen LogP contribution in [0.5, 0.6) is 0 Å². The smallest absolute Gasteiger partial charge is 0.413 e. The molecule has 0 aliphatic rings. The van der Waals surface area contributed by atoms with Crippen LogP contribution >= 0.6 is 7.82 Å². The lowest BCUT2D eigenvalue weighted by Gasteiger charge is -1.97. The van der Waals surface area contributed by atoms with Gasteiger partial charge in [-0.3, -0.25) is 9.79 Å². The Kier molecular flexibility index (Phi) is 2.76. The third-order valence-corrected chi connectivity index (χ3v) is 0.731. The molecule has 48 valence electrons. The van der Waals surface area contributed by atoms with E-state index in [4.69, 9.17) is 9.79 Å². The Bertz CT molecular complexity index is 123. The molecular formula is C3H7O4P. The number of hydrogen-bond donors (Lipinski definition) is 2. The molecule has 0 heterocycles. The zero-order valence-corrected chi connectivity index (χ0v) is 5.21. The van der Waals surface area contributed by atoms with Crippen LogP contribution in [0.3, 0.4) is 0 Å². The second kappa shape index (κ2) is 2.87. The fourth-order valence-corrected chi connectivity index (χ4v) is 0.420. The first kappa shape index (κ1) is 7.69. The molecule has 0 unspecified atom stereocenters. The first-order valence-corrected chi connectivity index (χ1v) is 3.44. The highest BCUT2D eigenvalue weighted by Crippen LogP contribution is 2.35. The molecular weight excluding hydrogens is 131 g/mol. The van der Waals surface area contributed by atoms with Gasteiger partial charge in [-0.15, -0.1) is 0 Å². The monoisotopic (exact) mass is 138 g/mol. The Balaban J connectivity index is 3.57. The highest BCUT2D eigenvalue weighted by atomic mass is 31.2. The van der Waals surface area contributed by atoms with E-state index in [0.717, 1.165) is 6.26 Å². The minimum atomic E-state index is -4.27. The summed E-state index contributed by atoms with van der Waals surface area (Å²) >= 11 is 0. The zero-order valence-electron chi connectivity index (χ0n) is 4.31. The number of allylic oxidation sites excluding steroid dienone is 1. The summed E-state index contributed by atoms with van der Waals surface area (Å²) in [7, 11) is -4.27. The molecule has 0 radical (unpaired) electrons. The van der Waals surface area contributed by atoms with Gasteiger partial charge in [0.25, 0.3) is 0 Å². The minimum Gasteiger partial charge on any atom is -0.413 e. The number of phosphoric acid groups is 1. The topological polar surface area (TPSA) is 66.8 Å². The molecule has 2 N–H and O–H groups in total. The van der Waals surface area contributed by atoms with E-state index >= 15 is 0 Å². The normalized spacial score (nSPS) is 12.4. The van der Waals surface area contributed by atoms with E-state index in [-0.39, 0.29) is 0 Å². The summed E-state index contributed by atoms with van der Waals surface area (Å²) in [5.41, 5.74) is 0. The van der Waals surface area contributed by atoms with Crippen molar-refractivity contribution in [3.05, 3.63) is 12.3 Å². The summed E-state index contributed by atoms with van der Waals surface area (Å²) in [5, 5.41) is 0. The van der Waals surface area contributed by atoms with E-state index in [2.05, 4.69) is 4.52 Å². The molecule has 0 spiro atoms. The molecule has 0 bridgehead atoms. The molecule has 0 aromatic rings. The quantitative estimate of drug-likeness (QED) is 0.433. The maximum Gasteiger partial charge on any atom is 0.524 e. The van der Waals surface area contributed by atoms with Crippen molar-refractivity contribution in [2.75, 3.05) is 0 Å². The predicted molar refractivity (Wildman–Crippen MR) is 27.9 cm³/mol. The van der Waals surface area contributed by atoms with Crippen LogP contribution in [-0.2, 0) is 9.09 Å². The van der Waals surface area contributed by atoms with E-state index in [0.29, 0.717) is 0 Å². The van der Waals surface area contributed by atoms with Gasteiger partial charge in [-0.05, 0) is 6.92 Å². The van der Waals surface area contributed by atoms with E-state index in [1.54, 1.807) is 6.92 Å². The molecule has 8 heavy (non-hydrogen) atoms. The summed E-state index contributed by atoms with van der Waals surface area (Å²) in [6.45, 7) is 1.59. The second-order valence-electron chi connectivity index (χ2n) is 1.07. The van der Waals surface area contributed by atoms with Crippen molar-refractivity contribution in [3.63, 3.8) is 0 Å². The maximum atomic E-state index is 9.81. The summed E-state index contributed by atoms with van der Waals surface area (Å²) in [6.07, 6.45) is 2.33. The number of hydrogen-bond acceptors (Lipinski definition) is 2. The lowest BCUT2D eigenvalue weighted by Crippen LogP contribution is -1.76. The van der Waals surface area contributed by atoms with Crippen molar-refractivity contribution >= 4 is 7.82 Å². The van der Waals surface area contributed by atoms with Gasteiger partial charge >= 0.3 is 7.82 Å². The number of phosphoric ester groups is 1. The first-order valence-electron chi connectivity index (χ1n) is 1.91. The van der Waals surface area contributed by atoms with Gasteiger partial charge in [0.15, 0.2) is 0 Å². The largest absolute Gasteiger partial charge is 0.524 e. The van der Waals surface area contributed by atoms with Crippen LogP contribution in [-0.4, -0.2) is 9.79 Å². The summed E-state index contributed by atoms with van der Waals surface area (Å²) in [6, 6.07) is 0. The van der Waals surface area contributed by atoms with E-state index < -0.39 is 7.82 Å². The summed E-state index contributed by atoms with van der Waals surface area (Å²) < 4.78 is 13.7. The molecule has 0 aliphatic heterocycles. The molecule has 4 nitrogen and oxygen atoms in total. The molecule has 0 amide bonds. The average molecular weight is 138 g/mol. The zero-order chi connectivity index (χ0) is 6.62. The lowest BCUT2D eigenvalue weighted by atomic mass is 10.8. The Hall–Kier alpha value is -0.310.